The predicted octanol–water partition coefficient (Wildman–Crippen LogP) is 4.15. The van der Waals surface area contributed by atoms with Crippen LogP contribution in [0.1, 0.15) is 18.1 Å². The quantitative estimate of drug-likeness (QED) is 0.499. The van der Waals surface area contributed by atoms with E-state index in [1.807, 2.05) is 78.5 Å². The number of ether oxygens (including phenoxy) is 1. The lowest BCUT2D eigenvalue weighted by atomic mass is 9.92. The third kappa shape index (κ3) is 3.66. The number of cyclic esters (lactones) is 1. The average molecular weight is 426 g/mol. The summed E-state index contributed by atoms with van der Waals surface area (Å²) in [6.07, 6.45) is 4.96. The van der Waals surface area contributed by atoms with Gasteiger partial charge in [0.25, 0.3) is 0 Å². The zero-order valence-electron chi connectivity index (χ0n) is 17.5. The summed E-state index contributed by atoms with van der Waals surface area (Å²) in [5.74, 6) is 0.904. The molecule has 0 aliphatic carbocycles. The van der Waals surface area contributed by atoms with Crippen LogP contribution in [-0.2, 0) is 16.8 Å². The van der Waals surface area contributed by atoms with E-state index >= 15 is 0 Å². The van der Waals surface area contributed by atoms with Crippen molar-refractivity contribution >= 4 is 17.9 Å². The Bertz CT molecular complexity index is 1230. The van der Waals surface area contributed by atoms with Crippen LogP contribution in [0.4, 0.5) is 16.6 Å². The van der Waals surface area contributed by atoms with E-state index < -0.39 is 11.6 Å². The Kier molecular flexibility index (Phi) is 5.03. The van der Waals surface area contributed by atoms with Crippen molar-refractivity contribution < 1.29 is 9.53 Å². The number of aromatic nitrogens is 4. The predicted molar refractivity (Wildman–Crippen MR) is 121 cm³/mol. The number of benzene rings is 2. The molecule has 0 saturated carbocycles. The third-order valence-corrected chi connectivity index (χ3v) is 5.53. The van der Waals surface area contributed by atoms with Crippen LogP contribution in [0.3, 0.4) is 0 Å². The molecule has 1 aliphatic heterocycles. The Morgan fingerprint density at radius 1 is 1.06 bits per heavy atom. The fourth-order valence-electron chi connectivity index (χ4n) is 3.80. The zero-order chi connectivity index (χ0) is 22.0. The van der Waals surface area contributed by atoms with E-state index in [0.29, 0.717) is 18.3 Å². The van der Waals surface area contributed by atoms with Gasteiger partial charge in [0.15, 0.2) is 0 Å². The summed E-state index contributed by atoms with van der Waals surface area (Å²) in [6, 6.07) is 21.4. The highest BCUT2D eigenvalue weighted by Crippen LogP contribution is 2.37. The van der Waals surface area contributed by atoms with Gasteiger partial charge < -0.3 is 10.1 Å². The molecule has 8 nitrogen and oxygen atoms in total. The number of hydrogen-bond donors (Lipinski definition) is 1. The standard InChI is InChI=1S/C24H22N6O2/c1-24(19-8-4-2-5-9-19)17-32-23(31)30(24)21-12-13-25-22(28-21)26-14-18-15-27-29(16-18)20-10-6-3-7-11-20/h2-13,15-16H,14,17H2,1H3,(H,25,26,28)/t24-/m1/s1. The fourth-order valence-corrected chi connectivity index (χ4v) is 3.80. The highest BCUT2D eigenvalue weighted by atomic mass is 16.6. The van der Waals surface area contributed by atoms with E-state index in [1.165, 1.54) is 0 Å². The van der Waals surface area contributed by atoms with E-state index in [-0.39, 0.29) is 6.61 Å². The molecule has 4 aromatic rings. The molecule has 160 valence electrons. The summed E-state index contributed by atoms with van der Waals surface area (Å²) in [6.45, 7) is 2.72. The van der Waals surface area contributed by atoms with Crippen LogP contribution < -0.4 is 10.2 Å². The van der Waals surface area contributed by atoms with E-state index in [0.717, 1.165) is 16.8 Å². The second-order valence-corrected chi connectivity index (χ2v) is 7.75. The van der Waals surface area contributed by atoms with Gasteiger partial charge in [-0.1, -0.05) is 48.5 Å². The van der Waals surface area contributed by atoms with Gasteiger partial charge in [-0.05, 0) is 30.7 Å². The molecule has 1 atom stereocenters. The maximum absolute atomic E-state index is 12.6. The van der Waals surface area contributed by atoms with Crippen molar-refractivity contribution in [3.05, 3.63) is 96.4 Å². The monoisotopic (exact) mass is 426 g/mol. The van der Waals surface area contributed by atoms with Gasteiger partial charge in [0.2, 0.25) is 5.95 Å². The Morgan fingerprint density at radius 2 is 1.81 bits per heavy atom. The molecule has 0 bridgehead atoms. The van der Waals surface area contributed by atoms with Gasteiger partial charge in [-0.25, -0.2) is 19.4 Å². The van der Waals surface area contributed by atoms with Crippen molar-refractivity contribution in [2.45, 2.75) is 19.0 Å². The molecule has 1 aliphatic rings. The second kappa shape index (κ2) is 8.14. The molecule has 1 fully saturated rings. The number of nitrogens with one attached hydrogen (secondary N) is 1. The summed E-state index contributed by atoms with van der Waals surface area (Å²) in [5, 5.41) is 7.63. The largest absolute Gasteiger partial charge is 0.446 e. The van der Waals surface area contributed by atoms with Gasteiger partial charge in [-0.3, -0.25) is 0 Å². The van der Waals surface area contributed by atoms with Gasteiger partial charge in [0, 0.05) is 24.5 Å². The lowest BCUT2D eigenvalue weighted by Crippen LogP contribution is -2.42. The molecule has 0 spiro atoms. The van der Waals surface area contributed by atoms with Crippen molar-refractivity contribution in [3.63, 3.8) is 0 Å². The van der Waals surface area contributed by atoms with Crippen LogP contribution in [0.5, 0.6) is 0 Å². The van der Waals surface area contributed by atoms with Crippen LogP contribution in [-0.4, -0.2) is 32.4 Å². The molecular formula is C24H22N6O2. The summed E-state index contributed by atoms with van der Waals surface area (Å²) in [7, 11) is 0. The maximum Gasteiger partial charge on any atom is 0.416 e. The van der Waals surface area contributed by atoms with Crippen LogP contribution in [0, 0.1) is 0 Å². The molecule has 3 heterocycles. The first-order valence-corrected chi connectivity index (χ1v) is 10.3. The minimum absolute atomic E-state index is 0.251. The van der Waals surface area contributed by atoms with Gasteiger partial charge in [0.1, 0.15) is 18.0 Å². The zero-order valence-corrected chi connectivity index (χ0v) is 17.5. The first-order chi connectivity index (χ1) is 15.6. The second-order valence-electron chi connectivity index (χ2n) is 7.75. The van der Waals surface area contributed by atoms with E-state index in [9.17, 15) is 4.79 Å². The maximum atomic E-state index is 12.6. The fraction of sp³-hybridized carbons (Fsp3) is 0.167. The molecule has 1 amide bonds. The highest BCUT2D eigenvalue weighted by molar-refractivity contribution is 5.90. The van der Waals surface area contributed by atoms with E-state index in [4.69, 9.17) is 4.74 Å². The Balaban J connectivity index is 1.35. The number of para-hydroxylation sites is 1. The van der Waals surface area contributed by atoms with Crippen LogP contribution in [0.25, 0.3) is 5.69 Å². The smallest absolute Gasteiger partial charge is 0.416 e. The van der Waals surface area contributed by atoms with Crippen molar-refractivity contribution in [2.75, 3.05) is 16.8 Å². The molecule has 32 heavy (non-hydrogen) atoms. The molecule has 2 aromatic heterocycles. The third-order valence-electron chi connectivity index (χ3n) is 5.53. The number of carbonyl (C=O) groups is 1. The van der Waals surface area contributed by atoms with Gasteiger partial charge in [0.05, 0.1) is 11.9 Å². The minimum atomic E-state index is -0.652. The summed E-state index contributed by atoms with van der Waals surface area (Å²) in [4.78, 5) is 23.1. The lowest BCUT2D eigenvalue weighted by molar-refractivity contribution is 0.174. The summed E-state index contributed by atoms with van der Waals surface area (Å²) in [5.41, 5.74) is 2.30. The Labute approximate surface area is 185 Å². The Morgan fingerprint density at radius 3 is 2.59 bits per heavy atom. The minimum Gasteiger partial charge on any atom is -0.446 e. The molecule has 1 saturated heterocycles. The van der Waals surface area contributed by atoms with Crippen LogP contribution in [0.15, 0.2) is 85.3 Å². The molecule has 1 N–H and O–H groups in total. The topological polar surface area (TPSA) is 85.2 Å². The number of hydrogen-bond acceptors (Lipinski definition) is 6. The van der Waals surface area contributed by atoms with Gasteiger partial charge in [-0.15, -0.1) is 0 Å². The van der Waals surface area contributed by atoms with Gasteiger partial charge >= 0.3 is 6.09 Å². The average Bonchev–Trinajstić information content (AvgIpc) is 3.44. The molecule has 0 radical (unpaired) electrons. The van der Waals surface area contributed by atoms with E-state index in [2.05, 4.69) is 20.4 Å². The summed E-state index contributed by atoms with van der Waals surface area (Å²) >= 11 is 0. The molecular weight excluding hydrogens is 404 g/mol. The SMILES string of the molecule is C[C@]1(c2ccccc2)COC(=O)N1c1ccnc(NCc2cnn(-c3ccccc3)c2)n1. The molecule has 2 aromatic carbocycles. The molecule has 8 heteroatoms. The van der Waals surface area contributed by atoms with Crippen LogP contribution >= 0.6 is 0 Å². The van der Waals surface area contributed by atoms with Crippen LogP contribution in [0.2, 0.25) is 0 Å². The van der Waals surface area contributed by atoms with Crippen molar-refractivity contribution in [1.29, 1.82) is 0 Å². The number of rotatable bonds is 6. The number of anilines is 2. The van der Waals surface area contributed by atoms with E-state index in [1.54, 1.807) is 23.4 Å². The van der Waals surface area contributed by atoms with Crippen molar-refractivity contribution in [3.8, 4) is 5.69 Å². The van der Waals surface area contributed by atoms with Crippen molar-refractivity contribution in [1.82, 2.24) is 19.7 Å². The first kappa shape index (κ1) is 19.7. The number of nitrogens with zero attached hydrogens (tertiary/aromatic N) is 5. The molecule has 0 unspecified atom stereocenters. The number of amides is 1. The normalized spacial score (nSPS) is 17.9. The molecule has 5 rings (SSSR count). The number of carbonyl (C=O) groups excluding carboxylic acids is 1. The lowest BCUT2D eigenvalue weighted by Gasteiger charge is -2.31. The summed E-state index contributed by atoms with van der Waals surface area (Å²) < 4.78 is 7.22. The Hall–Kier alpha value is -4.20. The van der Waals surface area contributed by atoms with Gasteiger partial charge in [-0.2, -0.15) is 10.1 Å². The first-order valence-electron chi connectivity index (χ1n) is 10.3. The highest BCUT2D eigenvalue weighted by Gasteiger charge is 2.46. The van der Waals surface area contributed by atoms with Crippen molar-refractivity contribution in [2.24, 2.45) is 0 Å².